The Labute approximate surface area is 93.3 Å². The topological polar surface area (TPSA) is 46.2 Å². The molecule has 0 fully saturated rings. The second kappa shape index (κ2) is 3.93. The van der Waals surface area contributed by atoms with Gasteiger partial charge in [0.05, 0.1) is 6.61 Å². The van der Waals surface area contributed by atoms with Gasteiger partial charge in [-0.2, -0.15) is 0 Å². The van der Waals surface area contributed by atoms with E-state index in [1.165, 1.54) is 15.0 Å². The molecular weight excluding hydrogens is 206 g/mol. The number of aliphatic hydroxyl groups excluding tert-OH is 1. The number of thiophene rings is 1. The minimum absolute atomic E-state index is 0.0151. The van der Waals surface area contributed by atoms with Crippen LogP contribution in [0.4, 0.5) is 0 Å². The number of fused-ring (bicyclic) bond motifs is 1. The fraction of sp³-hybridized carbons (Fsp3) is 0.333. The van der Waals surface area contributed by atoms with Crippen molar-refractivity contribution in [2.24, 2.45) is 5.73 Å². The molecule has 0 amide bonds. The Morgan fingerprint density at radius 3 is 2.80 bits per heavy atom. The van der Waals surface area contributed by atoms with Crippen LogP contribution in [0, 0.1) is 0 Å². The normalized spacial score (nSPS) is 15.4. The summed E-state index contributed by atoms with van der Waals surface area (Å²) in [5.74, 6) is 0. The molecule has 0 bridgehead atoms. The summed E-state index contributed by atoms with van der Waals surface area (Å²) in [5.41, 5.74) is 5.41. The van der Waals surface area contributed by atoms with Gasteiger partial charge in [0.1, 0.15) is 0 Å². The smallest absolute Gasteiger partial charge is 0.0612 e. The number of aliphatic hydroxyl groups is 1. The molecule has 2 nitrogen and oxygen atoms in total. The molecule has 15 heavy (non-hydrogen) atoms. The molecule has 0 aliphatic heterocycles. The van der Waals surface area contributed by atoms with Gasteiger partial charge in [-0.05, 0) is 24.4 Å². The summed E-state index contributed by atoms with van der Waals surface area (Å²) >= 11 is 1.75. The maximum atomic E-state index is 9.11. The second-order valence-corrected chi connectivity index (χ2v) is 5.41. The second-order valence-electron chi connectivity index (χ2n) is 4.24. The van der Waals surface area contributed by atoms with Crippen LogP contribution in [0.3, 0.4) is 0 Å². The molecule has 0 saturated carbocycles. The zero-order valence-electron chi connectivity index (χ0n) is 8.73. The third-order valence-corrected chi connectivity index (χ3v) is 3.53. The molecule has 1 heterocycles. The Morgan fingerprint density at radius 1 is 1.40 bits per heavy atom. The highest BCUT2D eigenvalue weighted by molar-refractivity contribution is 7.19. The third kappa shape index (κ3) is 2.37. The van der Waals surface area contributed by atoms with Gasteiger partial charge >= 0.3 is 0 Å². The number of rotatable bonds is 3. The molecule has 80 valence electrons. The lowest BCUT2D eigenvalue weighted by Gasteiger charge is -2.20. The van der Waals surface area contributed by atoms with Gasteiger partial charge < -0.3 is 10.8 Å². The Morgan fingerprint density at radius 2 is 2.13 bits per heavy atom. The molecule has 3 heteroatoms. The van der Waals surface area contributed by atoms with Crippen LogP contribution in [0.25, 0.3) is 10.1 Å². The van der Waals surface area contributed by atoms with Crippen LogP contribution in [0.2, 0.25) is 0 Å². The van der Waals surface area contributed by atoms with Crippen molar-refractivity contribution < 1.29 is 5.11 Å². The van der Waals surface area contributed by atoms with Crippen molar-refractivity contribution in [3.63, 3.8) is 0 Å². The molecule has 3 N–H and O–H groups in total. The Bertz CT molecular complexity index is 428. The molecule has 1 aromatic heterocycles. The summed E-state index contributed by atoms with van der Waals surface area (Å²) in [6, 6.07) is 10.4. The quantitative estimate of drug-likeness (QED) is 0.834. The maximum absolute atomic E-state index is 9.11. The zero-order valence-corrected chi connectivity index (χ0v) is 9.55. The van der Waals surface area contributed by atoms with Crippen LogP contribution in [-0.2, 0) is 6.42 Å². The summed E-state index contributed by atoms with van der Waals surface area (Å²) < 4.78 is 1.28. The van der Waals surface area contributed by atoms with Crippen LogP contribution < -0.4 is 5.73 Å². The summed E-state index contributed by atoms with van der Waals surface area (Å²) in [6.07, 6.45) is 0.725. The molecule has 1 aromatic carbocycles. The fourth-order valence-electron chi connectivity index (χ4n) is 1.58. The van der Waals surface area contributed by atoms with Gasteiger partial charge in [0, 0.05) is 21.5 Å². The highest BCUT2D eigenvalue weighted by Gasteiger charge is 2.18. The lowest BCUT2D eigenvalue weighted by molar-refractivity contribution is 0.209. The minimum Gasteiger partial charge on any atom is -0.394 e. The first-order valence-electron chi connectivity index (χ1n) is 4.98. The molecule has 1 unspecified atom stereocenters. The fourth-order valence-corrected chi connectivity index (χ4v) is 2.84. The first kappa shape index (κ1) is 10.6. The van der Waals surface area contributed by atoms with Gasteiger partial charge in [-0.3, -0.25) is 0 Å². The van der Waals surface area contributed by atoms with E-state index < -0.39 is 5.54 Å². The predicted molar refractivity (Wildman–Crippen MR) is 65.2 cm³/mol. The van der Waals surface area contributed by atoms with E-state index in [0.717, 1.165) is 6.42 Å². The average molecular weight is 221 g/mol. The van der Waals surface area contributed by atoms with Crippen LogP contribution >= 0.6 is 11.3 Å². The Hall–Kier alpha value is -0.900. The molecule has 2 rings (SSSR count). The van der Waals surface area contributed by atoms with Gasteiger partial charge in [0.15, 0.2) is 0 Å². The van der Waals surface area contributed by atoms with Crippen molar-refractivity contribution in [3.05, 3.63) is 35.2 Å². The lowest BCUT2D eigenvalue weighted by Crippen LogP contribution is -2.42. The van der Waals surface area contributed by atoms with Gasteiger partial charge in [-0.15, -0.1) is 11.3 Å². The van der Waals surface area contributed by atoms with E-state index in [2.05, 4.69) is 18.2 Å². The van der Waals surface area contributed by atoms with Crippen LogP contribution in [0.1, 0.15) is 11.8 Å². The highest BCUT2D eigenvalue weighted by Crippen LogP contribution is 2.27. The Kier molecular flexibility index (Phi) is 2.78. The summed E-state index contributed by atoms with van der Waals surface area (Å²) in [4.78, 5) is 1.23. The van der Waals surface area contributed by atoms with Crippen molar-refractivity contribution in [2.75, 3.05) is 6.61 Å². The van der Waals surface area contributed by atoms with Gasteiger partial charge in [-0.1, -0.05) is 18.2 Å². The van der Waals surface area contributed by atoms with Gasteiger partial charge in [-0.25, -0.2) is 0 Å². The van der Waals surface area contributed by atoms with E-state index in [-0.39, 0.29) is 6.61 Å². The van der Waals surface area contributed by atoms with E-state index in [0.29, 0.717) is 0 Å². The van der Waals surface area contributed by atoms with Gasteiger partial charge in [0.25, 0.3) is 0 Å². The number of benzene rings is 1. The number of hydrogen-bond acceptors (Lipinski definition) is 3. The third-order valence-electron chi connectivity index (χ3n) is 2.42. The number of nitrogens with two attached hydrogens (primary N) is 1. The van der Waals surface area contributed by atoms with E-state index in [1.807, 2.05) is 19.1 Å². The van der Waals surface area contributed by atoms with Crippen molar-refractivity contribution >= 4 is 21.4 Å². The zero-order chi connectivity index (χ0) is 10.9. The first-order valence-corrected chi connectivity index (χ1v) is 5.80. The van der Waals surface area contributed by atoms with Crippen LogP contribution in [-0.4, -0.2) is 17.3 Å². The predicted octanol–water partition coefficient (Wildman–Crippen LogP) is 2.15. The SMILES string of the molecule is CC(N)(CO)Cc1cc2ccccc2s1. The van der Waals surface area contributed by atoms with Gasteiger partial charge in [0.2, 0.25) is 0 Å². The monoisotopic (exact) mass is 221 g/mol. The molecule has 0 saturated heterocycles. The highest BCUT2D eigenvalue weighted by atomic mass is 32.1. The van der Waals surface area contributed by atoms with E-state index in [4.69, 9.17) is 10.8 Å². The molecule has 1 atom stereocenters. The summed E-state index contributed by atoms with van der Waals surface area (Å²) in [6.45, 7) is 1.89. The summed E-state index contributed by atoms with van der Waals surface area (Å²) in [5, 5.41) is 10.4. The standard InChI is InChI=1S/C12H15NOS/c1-12(13,8-14)7-10-6-9-4-2-3-5-11(9)15-10/h2-6,14H,7-8,13H2,1H3. The molecule has 0 aliphatic carbocycles. The minimum atomic E-state index is -0.513. The number of hydrogen-bond donors (Lipinski definition) is 2. The molecule has 0 radical (unpaired) electrons. The lowest BCUT2D eigenvalue weighted by atomic mass is 9.99. The summed E-state index contributed by atoms with van der Waals surface area (Å²) in [7, 11) is 0. The molecule has 2 aromatic rings. The average Bonchev–Trinajstić information content (AvgIpc) is 2.58. The van der Waals surface area contributed by atoms with Crippen LogP contribution in [0.5, 0.6) is 0 Å². The molecule has 0 aliphatic rings. The largest absolute Gasteiger partial charge is 0.394 e. The van der Waals surface area contributed by atoms with Crippen molar-refractivity contribution in [1.29, 1.82) is 0 Å². The van der Waals surface area contributed by atoms with Crippen molar-refractivity contribution in [3.8, 4) is 0 Å². The van der Waals surface area contributed by atoms with E-state index >= 15 is 0 Å². The first-order chi connectivity index (χ1) is 7.11. The van der Waals surface area contributed by atoms with E-state index in [9.17, 15) is 0 Å². The Balaban J connectivity index is 2.30. The van der Waals surface area contributed by atoms with Crippen LogP contribution in [0.15, 0.2) is 30.3 Å². The van der Waals surface area contributed by atoms with E-state index in [1.54, 1.807) is 11.3 Å². The molecule has 0 spiro atoms. The van der Waals surface area contributed by atoms with Crippen molar-refractivity contribution in [1.82, 2.24) is 0 Å². The van der Waals surface area contributed by atoms with Crippen molar-refractivity contribution in [2.45, 2.75) is 18.9 Å². The maximum Gasteiger partial charge on any atom is 0.0612 e. The molecular formula is C12H15NOS.